The van der Waals surface area contributed by atoms with Crippen molar-refractivity contribution in [3.05, 3.63) is 30.3 Å². The lowest BCUT2D eigenvalue weighted by Gasteiger charge is -2.24. The van der Waals surface area contributed by atoms with E-state index in [2.05, 4.69) is 45.5 Å². The van der Waals surface area contributed by atoms with Gasteiger partial charge in [0.2, 0.25) is 0 Å². The zero-order valence-corrected chi connectivity index (χ0v) is 14.8. The molecule has 1 spiro atoms. The van der Waals surface area contributed by atoms with Gasteiger partial charge in [0.15, 0.2) is 5.96 Å². The molecule has 0 aromatic heterocycles. The lowest BCUT2D eigenvalue weighted by molar-refractivity contribution is 0.156. The summed E-state index contributed by atoms with van der Waals surface area (Å²) in [7, 11) is 1.89. The van der Waals surface area contributed by atoms with Crippen molar-refractivity contribution in [1.29, 1.82) is 0 Å². The number of hydrogen-bond donors (Lipinski definition) is 1. The van der Waals surface area contributed by atoms with Crippen LogP contribution in [0.5, 0.6) is 0 Å². The summed E-state index contributed by atoms with van der Waals surface area (Å²) in [5.41, 5.74) is 0.390. The summed E-state index contributed by atoms with van der Waals surface area (Å²) in [5, 5.41) is 3.53. The third-order valence-electron chi connectivity index (χ3n) is 4.75. The Morgan fingerprint density at radius 2 is 2.22 bits per heavy atom. The summed E-state index contributed by atoms with van der Waals surface area (Å²) in [6.07, 6.45) is 3.58. The highest BCUT2D eigenvalue weighted by molar-refractivity contribution is 7.99. The summed E-state index contributed by atoms with van der Waals surface area (Å²) in [4.78, 5) is 8.21. The van der Waals surface area contributed by atoms with E-state index in [-0.39, 0.29) is 0 Å². The van der Waals surface area contributed by atoms with Crippen LogP contribution in [-0.2, 0) is 4.74 Å². The van der Waals surface area contributed by atoms with Gasteiger partial charge >= 0.3 is 0 Å². The predicted molar refractivity (Wildman–Crippen MR) is 97.2 cm³/mol. The fourth-order valence-corrected chi connectivity index (χ4v) is 4.27. The average molecular weight is 334 g/mol. The number of thioether (sulfide) groups is 1. The molecule has 2 aliphatic rings. The van der Waals surface area contributed by atoms with Gasteiger partial charge in [-0.25, -0.2) is 0 Å². The minimum absolute atomic E-state index is 0.390. The van der Waals surface area contributed by atoms with E-state index in [9.17, 15) is 0 Å². The van der Waals surface area contributed by atoms with Gasteiger partial charge in [-0.15, -0.1) is 11.8 Å². The van der Waals surface area contributed by atoms with E-state index in [4.69, 9.17) is 4.74 Å². The third kappa shape index (κ3) is 4.42. The van der Waals surface area contributed by atoms with Gasteiger partial charge in [0.1, 0.15) is 0 Å². The lowest BCUT2D eigenvalue weighted by Crippen LogP contribution is -2.41. The normalized spacial score (nSPS) is 24.6. The molecule has 1 atom stereocenters. The molecule has 2 fully saturated rings. The van der Waals surface area contributed by atoms with Crippen LogP contribution >= 0.6 is 11.8 Å². The SMILES string of the molecule is CN=C(NCCCSc1ccccc1)N1CCC2(CCOC2)C1. The Hall–Kier alpha value is -1.20. The minimum atomic E-state index is 0.390. The molecule has 4 nitrogen and oxygen atoms in total. The molecule has 3 rings (SSSR count). The largest absolute Gasteiger partial charge is 0.381 e. The first kappa shape index (κ1) is 16.7. The smallest absolute Gasteiger partial charge is 0.193 e. The Morgan fingerprint density at radius 3 is 2.96 bits per heavy atom. The topological polar surface area (TPSA) is 36.9 Å². The van der Waals surface area contributed by atoms with Crippen LogP contribution in [0, 0.1) is 5.41 Å². The number of benzene rings is 1. The van der Waals surface area contributed by atoms with Crippen molar-refractivity contribution < 1.29 is 4.74 Å². The van der Waals surface area contributed by atoms with Crippen LogP contribution < -0.4 is 5.32 Å². The molecular formula is C18H27N3OS. The second-order valence-corrected chi connectivity index (χ2v) is 7.63. The lowest BCUT2D eigenvalue weighted by atomic mass is 9.87. The molecular weight excluding hydrogens is 306 g/mol. The number of rotatable bonds is 5. The molecule has 126 valence electrons. The third-order valence-corrected chi connectivity index (χ3v) is 5.85. The van der Waals surface area contributed by atoms with Crippen molar-refractivity contribution >= 4 is 17.7 Å². The average Bonchev–Trinajstić information content (AvgIpc) is 3.22. The summed E-state index contributed by atoms with van der Waals surface area (Å²) >= 11 is 1.92. The van der Waals surface area contributed by atoms with Crippen LogP contribution in [0.4, 0.5) is 0 Å². The minimum Gasteiger partial charge on any atom is -0.381 e. The van der Waals surface area contributed by atoms with Gasteiger partial charge in [-0.05, 0) is 37.1 Å². The molecule has 1 aromatic rings. The van der Waals surface area contributed by atoms with E-state index in [1.165, 1.54) is 17.7 Å². The number of guanidine groups is 1. The van der Waals surface area contributed by atoms with E-state index >= 15 is 0 Å². The quantitative estimate of drug-likeness (QED) is 0.389. The van der Waals surface area contributed by atoms with Gasteiger partial charge in [-0.1, -0.05) is 18.2 Å². The maximum Gasteiger partial charge on any atom is 0.193 e. The highest BCUT2D eigenvalue weighted by Crippen LogP contribution is 2.38. The molecule has 0 radical (unpaired) electrons. The second kappa shape index (κ2) is 8.06. The first-order valence-electron chi connectivity index (χ1n) is 8.53. The standard InChI is InChI=1S/C18H27N3OS/c1-19-17(21-11-8-18(14-21)9-12-22-15-18)20-10-5-13-23-16-6-3-2-4-7-16/h2-4,6-7H,5,8-15H2,1H3,(H,19,20). The van der Waals surface area contributed by atoms with E-state index in [0.717, 1.165) is 51.0 Å². The molecule has 1 aromatic carbocycles. The van der Waals surface area contributed by atoms with E-state index < -0.39 is 0 Å². The Bertz CT molecular complexity index is 514. The number of nitrogens with one attached hydrogen (secondary N) is 1. The number of nitrogens with zero attached hydrogens (tertiary/aromatic N) is 2. The van der Waals surface area contributed by atoms with Crippen molar-refractivity contribution in [2.75, 3.05) is 45.6 Å². The van der Waals surface area contributed by atoms with Crippen molar-refractivity contribution in [3.8, 4) is 0 Å². The molecule has 23 heavy (non-hydrogen) atoms. The zero-order valence-electron chi connectivity index (χ0n) is 14.0. The van der Waals surface area contributed by atoms with E-state index in [1.54, 1.807) is 0 Å². The fourth-order valence-electron chi connectivity index (χ4n) is 3.40. The van der Waals surface area contributed by atoms with Gasteiger partial charge in [-0.2, -0.15) is 0 Å². The van der Waals surface area contributed by atoms with Crippen LogP contribution in [0.3, 0.4) is 0 Å². The van der Waals surface area contributed by atoms with Crippen molar-refractivity contribution in [3.63, 3.8) is 0 Å². The van der Waals surface area contributed by atoms with Crippen LogP contribution in [-0.4, -0.2) is 56.5 Å². The first-order chi connectivity index (χ1) is 11.3. The number of likely N-dealkylation sites (tertiary alicyclic amines) is 1. The van der Waals surface area contributed by atoms with Gasteiger partial charge < -0.3 is 15.0 Å². The Labute approximate surface area is 143 Å². The number of ether oxygens (including phenoxy) is 1. The highest BCUT2D eigenvalue weighted by atomic mass is 32.2. The van der Waals surface area contributed by atoms with Crippen LogP contribution in [0.1, 0.15) is 19.3 Å². The monoisotopic (exact) mass is 333 g/mol. The van der Waals surface area contributed by atoms with Crippen molar-refractivity contribution in [2.24, 2.45) is 10.4 Å². The molecule has 2 saturated heterocycles. The number of aliphatic imine (C=N–C) groups is 1. The van der Waals surface area contributed by atoms with Crippen LogP contribution in [0.15, 0.2) is 40.2 Å². The molecule has 0 saturated carbocycles. The second-order valence-electron chi connectivity index (χ2n) is 6.46. The molecule has 2 aliphatic heterocycles. The van der Waals surface area contributed by atoms with Crippen LogP contribution in [0.2, 0.25) is 0 Å². The fraction of sp³-hybridized carbons (Fsp3) is 0.611. The van der Waals surface area contributed by atoms with Crippen molar-refractivity contribution in [2.45, 2.75) is 24.2 Å². The summed E-state index contributed by atoms with van der Waals surface area (Å²) in [6, 6.07) is 10.6. The van der Waals surface area contributed by atoms with Gasteiger partial charge in [0.25, 0.3) is 0 Å². The number of hydrogen-bond acceptors (Lipinski definition) is 3. The molecule has 0 bridgehead atoms. The van der Waals surface area contributed by atoms with Gasteiger partial charge in [-0.3, -0.25) is 4.99 Å². The van der Waals surface area contributed by atoms with E-state index in [1.807, 2.05) is 18.8 Å². The Balaban J connectivity index is 1.37. The maximum atomic E-state index is 5.61. The van der Waals surface area contributed by atoms with Crippen LogP contribution in [0.25, 0.3) is 0 Å². The first-order valence-corrected chi connectivity index (χ1v) is 9.51. The highest BCUT2D eigenvalue weighted by Gasteiger charge is 2.42. The Kier molecular flexibility index (Phi) is 5.84. The summed E-state index contributed by atoms with van der Waals surface area (Å²) in [6.45, 7) is 5.02. The van der Waals surface area contributed by atoms with Gasteiger partial charge in [0.05, 0.1) is 6.61 Å². The maximum absolute atomic E-state index is 5.61. The molecule has 0 aliphatic carbocycles. The summed E-state index contributed by atoms with van der Waals surface area (Å²) in [5.74, 6) is 2.18. The molecule has 0 amide bonds. The Morgan fingerprint density at radius 1 is 1.35 bits per heavy atom. The predicted octanol–water partition coefficient (Wildman–Crippen LogP) is 2.86. The van der Waals surface area contributed by atoms with Crippen molar-refractivity contribution in [1.82, 2.24) is 10.2 Å². The van der Waals surface area contributed by atoms with E-state index in [0.29, 0.717) is 5.41 Å². The van der Waals surface area contributed by atoms with Gasteiger partial charge in [0, 0.05) is 43.6 Å². The summed E-state index contributed by atoms with van der Waals surface area (Å²) < 4.78 is 5.61. The molecule has 2 heterocycles. The molecule has 5 heteroatoms. The molecule has 1 N–H and O–H groups in total. The molecule has 1 unspecified atom stereocenters. The zero-order chi connectivity index (χ0) is 16.0.